The van der Waals surface area contributed by atoms with Crippen LogP contribution in [0.25, 0.3) is 22.0 Å². The van der Waals surface area contributed by atoms with Gasteiger partial charge in [-0.15, -0.1) is 0 Å². The maximum atomic E-state index is 15.4. The molecule has 13 heteroatoms. The summed E-state index contributed by atoms with van der Waals surface area (Å²) in [7, 11) is 1.54. The van der Waals surface area contributed by atoms with E-state index in [9.17, 15) is 19.2 Å². The molecule has 274 valence electrons. The Morgan fingerprint density at radius 2 is 1.64 bits per heavy atom. The second kappa shape index (κ2) is 17.7. The molecule has 0 unspecified atom stereocenters. The van der Waals surface area contributed by atoms with Gasteiger partial charge in [0.1, 0.15) is 29.0 Å². The molecule has 0 saturated heterocycles. The summed E-state index contributed by atoms with van der Waals surface area (Å²) in [6.07, 6.45) is 2.21. The average molecular weight is 699 g/mol. The maximum absolute atomic E-state index is 15.4. The summed E-state index contributed by atoms with van der Waals surface area (Å²) < 4.78 is 38.9. The number of hydrogen-bond acceptors (Lipinski definition) is 8. The van der Waals surface area contributed by atoms with E-state index in [1.165, 1.54) is 19.2 Å². The molecule has 0 aliphatic heterocycles. The highest BCUT2D eigenvalue weighted by atomic mass is 19.1. The van der Waals surface area contributed by atoms with Crippen LogP contribution in [0, 0.1) is 5.82 Å². The molecule has 50 heavy (non-hydrogen) atoms. The van der Waals surface area contributed by atoms with Crippen molar-refractivity contribution in [1.82, 2.24) is 20.5 Å². The minimum atomic E-state index is -0.949. The fourth-order valence-electron chi connectivity index (χ4n) is 5.04. The Bertz CT molecular complexity index is 1680. The van der Waals surface area contributed by atoms with Gasteiger partial charge in [0.05, 0.1) is 31.2 Å². The summed E-state index contributed by atoms with van der Waals surface area (Å²) in [5.41, 5.74) is -0.606. The van der Waals surface area contributed by atoms with Crippen molar-refractivity contribution in [2.24, 2.45) is 0 Å². The van der Waals surface area contributed by atoms with Crippen LogP contribution >= 0.6 is 0 Å². The molecule has 3 N–H and O–H groups in total. The lowest BCUT2D eigenvalue weighted by molar-refractivity contribution is -0.123. The lowest BCUT2D eigenvalue weighted by Gasteiger charge is -2.24. The number of ether oxygens (including phenoxy) is 4. The van der Waals surface area contributed by atoms with Crippen LogP contribution in [-0.2, 0) is 20.8 Å². The van der Waals surface area contributed by atoms with Gasteiger partial charge in [-0.1, -0.05) is 19.1 Å². The zero-order valence-electron chi connectivity index (χ0n) is 30.4. The van der Waals surface area contributed by atoms with Gasteiger partial charge in [0, 0.05) is 30.4 Å². The van der Waals surface area contributed by atoms with Crippen LogP contribution in [0.3, 0.4) is 0 Å². The van der Waals surface area contributed by atoms with Crippen molar-refractivity contribution in [3.05, 3.63) is 58.6 Å². The maximum Gasteiger partial charge on any atom is 0.408 e. The molecule has 0 fully saturated rings. The van der Waals surface area contributed by atoms with E-state index in [0.29, 0.717) is 42.9 Å². The molecule has 1 atom stereocenters. The third kappa shape index (κ3) is 12.0. The fourth-order valence-corrected chi connectivity index (χ4v) is 5.04. The zero-order valence-corrected chi connectivity index (χ0v) is 30.4. The normalized spacial score (nSPS) is 12.2. The van der Waals surface area contributed by atoms with Crippen LogP contribution in [0.4, 0.5) is 14.0 Å². The number of fused-ring (bicyclic) bond motifs is 1. The molecule has 12 nitrogen and oxygen atoms in total. The number of hydrogen-bond donors (Lipinski definition) is 3. The highest BCUT2D eigenvalue weighted by Crippen LogP contribution is 2.30. The van der Waals surface area contributed by atoms with Crippen LogP contribution in [0.2, 0.25) is 0 Å². The monoisotopic (exact) mass is 698 g/mol. The van der Waals surface area contributed by atoms with Crippen molar-refractivity contribution < 1.29 is 37.7 Å². The zero-order chi connectivity index (χ0) is 37.1. The minimum Gasteiger partial charge on any atom is -0.497 e. The number of pyridine rings is 1. The first kappa shape index (κ1) is 39.6. The van der Waals surface area contributed by atoms with Crippen molar-refractivity contribution in [3.63, 3.8) is 0 Å². The number of unbranched alkanes of at least 4 members (excludes halogenated alkanes) is 1. The van der Waals surface area contributed by atoms with Crippen LogP contribution in [-0.4, -0.2) is 66.7 Å². The van der Waals surface area contributed by atoms with E-state index in [1.807, 2.05) is 27.7 Å². The summed E-state index contributed by atoms with van der Waals surface area (Å²) >= 11 is 0. The molecule has 3 rings (SSSR count). The van der Waals surface area contributed by atoms with Crippen molar-refractivity contribution in [2.45, 2.75) is 97.9 Å². The number of halogens is 1. The molecule has 0 aliphatic rings. The van der Waals surface area contributed by atoms with Crippen molar-refractivity contribution in [1.29, 1.82) is 0 Å². The molecule has 0 saturated carbocycles. The second-order valence-electron chi connectivity index (χ2n) is 13.9. The van der Waals surface area contributed by atoms with Crippen molar-refractivity contribution in [3.8, 4) is 22.6 Å². The van der Waals surface area contributed by atoms with Gasteiger partial charge in [0.15, 0.2) is 5.43 Å². The number of benzene rings is 2. The summed E-state index contributed by atoms with van der Waals surface area (Å²) in [5, 5.41) is 8.10. The number of carbonyl (C=O) groups excluding carboxylic acids is 3. The first-order chi connectivity index (χ1) is 23.5. The fraction of sp³-hybridized carbons (Fsp3) is 0.514. The first-order valence-corrected chi connectivity index (χ1v) is 16.9. The molecule has 3 aromatic rings. The largest absolute Gasteiger partial charge is 0.497 e. The summed E-state index contributed by atoms with van der Waals surface area (Å²) in [6.45, 7) is 13.3. The van der Waals surface area contributed by atoms with Gasteiger partial charge in [-0.3, -0.25) is 9.59 Å². The van der Waals surface area contributed by atoms with E-state index in [0.717, 1.165) is 0 Å². The van der Waals surface area contributed by atoms with Gasteiger partial charge >= 0.3 is 12.2 Å². The molecule has 0 bridgehead atoms. The molecule has 0 aliphatic carbocycles. The molecular formula is C37H51FN4O8. The topological polar surface area (TPSA) is 146 Å². The van der Waals surface area contributed by atoms with Gasteiger partial charge in [0.2, 0.25) is 5.91 Å². The van der Waals surface area contributed by atoms with Crippen LogP contribution in [0.15, 0.2) is 47.4 Å². The quantitative estimate of drug-likeness (QED) is 0.157. The Kier molecular flexibility index (Phi) is 14.0. The predicted octanol–water partition coefficient (Wildman–Crippen LogP) is 6.31. The summed E-state index contributed by atoms with van der Waals surface area (Å²) in [5.74, 6) is -0.206. The number of carbonyl (C=O) groups is 3. The van der Waals surface area contributed by atoms with Crippen molar-refractivity contribution >= 4 is 29.0 Å². The number of amides is 3. The summed E-state index contributed by atoms with van der Waals surface area (Å²) in [6, 6.07) is 8.63. The van der Waals surface area contributed by atoms with Gasteiger partial charge in [-0.25, -0.2) is 14.0 Å². The minimum absolute atomic E-state index is 0.0746. The Balaban J connectivity index is 1.83. The highest BCUT2D eigenvalue weighted by Gasteiger charge is 2.25. The third-order valence-corrected chi connectivity index (χ3v) is 7.25. The molecular weight excluding hydrogens is 647 g/mol. The number of methoxy groups -OCH3 is 1. The molecule has 1 aromatic heterocycles. The van der Waals surface area contributed by atoms with E-state index < -0.39 is 46.5 Å². The lowest BCUT2D eigenvalue weighted by Crippen LogP contribution is -2.48. The SMILES string of the molecule is CCCOc1ccc(F)c2c(=O)c(-c3ccc(OC)cc3)cn(CCNC(=O)[C@H](CCCCOC(=O)NC(C)(C)C)NC(=O)OC(C)(C)C)c12. The van der Waals surface area contributed by atoms with Gasteiger partial charge in [-0.2, -0.15) is 0 Å². The molecule has 0 radical (unpaired) electrons. The molecule has 0 spiro atoms. The van der Waals surface area contributed by atoms with E-state index in [2.05, 4.69) is 16.0 Å². The smallest absolute Gasteiger partial charge is 0.408 e. The van der Waals surface area contributed by atoms with Crippen LogP contribution in [0.1, 0.15) is 74.1 Å². The van der Waals surface area contributed by atoms with Crippen molar-refractivity contribution in [2.75, 3.05) is 26.9 Å². The van der Waals surface area contributed by atoms with Gasteiger partial charge in [0.25, 0.3) is 0 Å². The Morgan fingerprint density at radius 3 is 2.26 bits per heavy atom. The van der Waals surface area contributed by atoms with Gasteiger partial charge < -0.3 is 39.5 Å². The predicted molar refractivity (Wildman–Crippen MR) is 190 cm³/mol. The molecule has 1 heterocycles. The Labute approximate surface area is 293 Å². The van der Waals surface area contributed by atoms with E-state index in [1.54, 1.807) is 55.8 Å². The third-order valence-electron chi connectivity index (χ3n) is 7.25. The number of alkyl carbamates (subject to hydrolysis) is 2. The molecule has 3 amide bonds. The number of nitrogens with one attached hydrogen (secondary N) is 3. The summed E-state index contributed by atoms with van der Waals surface area (Å²) in [4.78, 5) is 51.8. The van der Waals surface area contributed by atoms with Crippen LogP contribution < -0.4 is 30.9 Å². The highest BCUT2D eigenvalue weighted by molar-refractivity contribution is 5.89. The molecule has 2 aromatic carbocycles. The van der Waals surface area contributed by atoms with E-state index >= 15 is 4.39 Å². The Hall–Kier alpha value is -4.81. The second-order valence-corrected chi connectivity index (χ2v) is 13.9. The average Bonchev–Trinajstić information content (AvgIpc) is 3.02. The van der Waals surface area contributed by atoms with E-state index in [-0.39, 0.29) is 42.6 Å². The van der Waals surface area contributed by atoms with Gasteiger partial charge in [-0.05, 0) is 97.1 Å². The standard InChI is InChI=1S/C37H51FN4O8/c1-9-21-48-29-18-17-27(38)30-31(29)42(23-26(32(30)43)24-13-15-25(47-8)16-14-24)20-19-39-33(44)28(40-34(45)50-37(5,6)7)12-10-11-22-49-35(46)41-36(2,3)4/h13-18,23,28H,9-12,19-22H2,1-8H3,(H,39,44)(H,40,45)(H,41,46)/t28-/m0/s1. The lowest BCUT2D eigenvalue weighted by atomic mass is 10.0. The number of rotatable bonds is 15. The number of nitrogens with zero attached hydrogens (tertiary/aromatic N) is 1. The van der Waals surface area contributed by atoms with Crippen LogP contribution in [0.5, 0.6) is 11.5 Å². The first-order valence-electron chi connectivity index (χ1n) is 16.9. The number of aromatic nitrogens is 1. The Morgan fingerprint density at radius 1 is 0.940 bits per heavy atom. The van der Waals surface area contributed by atoms with E-state index in [4.69, 9.17) is 18.9 Å².